The van der Waals surface area contributed by atoms with Gasteiger partial charge in [-0.2, -0.15) is 0 Å². The van der Waals surface area contributed by atoms with Crippen LogP contribution in [0.3, 0.4) is 0 Å². The minimum absolute atomic E-state index is 0.0244. The highest BCUT2D eigenvalue weighted by Crippen LogP contribution is 2.37. The van der Waals surface area contributed by atoms with Crippen molar-refractivity contribution in [3.63, 3.8) is 0 Å². The molecule has 0 aliphatic heterocycles. The molecule has 1 aromatic carbocycles. The fraction of sp³-hybridized carbons (Fsp3) is 0.611. The highest BCUT2D eigenvalue weighted by molar-refractivity contribution is 5.81. The summed E-state index contributed by atoms with van der Waals surface area (Å²) < 4.78 is 0. The third-order valence-corrected chi connectivity index (χ3v) is 4.66. The van der Waals surface area contributed by atoms with Gasteiger partial charge in [0.05, 0.1) is 6.04 Å². The molecule has 1 aliphatic carbocycles. The number of hydrogen-bond donors (Lipinski definition) is 2. The lowest BCUT2D eigenvalue weighted by molar-refractivity contribution is -0.122. The largest absolute Gasteiger partial charge is 0.354 e. The van der Waals surface area contributed by atoms with E-state index in [1.807, 2.05) is 30.3 Å². The van der Waals surface area contributed by atoms with Gasteiger partial charge in [-0.25, -0.2) is 0 Å². The Morgan fingerprint density at radius 3 is 2.52 bits per heavy atom. The van der Waals surface area contributed by atoms with Crippen LogP contribution in [0.2, 0.25) is 0 Å². The number of benzene rings is 1. The van der Waals surface area contributed by atoms with Crippen molar-refractivity contribution in [3.05, 3.63) is 35.9 Å². The van der Waals surface area contributed by atoms with Crippen molar-refractivity contribution in [2.45, 2.75) is 52.0 Å². The molecule has 3 nitrogen and oxygen atoms in total. The van der Waals surface area contributed by atoms with Gasteiger partial charge in [0.2, 0.25) is 5.91 Å². The first-order chi connectivity index (χ1) is 9.96. The van der Waals surface area contributed by atoms with E-state index in [1.54, 1.807) is 0 Å². The smallest absolute Gasteiger partial charge is 0.237 e. The van der Waals surface area contributed by atoms with Gasteiger partial charge < -0.3 is 11.1 Å². The summed E-state index contributed by atoms with van der Waals surface area (Å²) in [7, 11) is 0. The SMILES string of the molecule is CC1(C)CCC(CNC(=O)C(N)Cc2ccccc2)CC1. The van der Waals surface area contributed by atoms with E-state index in [4.69, 9.17) is 5.73 Å². The van der Waals surface area contributed by atoms with Crippen LogP contribution in [0.5, 0.6) is 0 Å². The van der Waals surface area contributed by atoms with Crippen LogP contribution < -0.4 is 11.1 Å². The lowest BCUT2D eigenvalue weighted by Gasteiger charge is -2.34. The molecule has 0 spiro atoms. The number of rotatable bonds is 5. The molecule has 3 N–H and O–H groups in total. The van der Waals surface area contributed by atoms with Gasteiger partial charge in [-0.15, -0.1) is 0 Å². The van der Waals surface area contributed by atoms with E-state index in [0.29, 0.717) is 17.8 Å². The molecule has 1 atom stereocenters. The standard InChI is InChI=1S/C18H28N2O/c1-18(2)10-8-15(9-11-18)13-20-17(21)16(19)12-14-6-4-3-5-7-14/h3-7,15-16H,8-13,19H2,1-2H3,(H,20,21). The van der Waals surface area contributed by atoms with Crippen molar-refractivity contribution in [1.82, 2.24) is 5.32 Å². The summed E-state index contributed by atoms with van der Waals surface area (Å²) in [4.78, 5) is 12.1. The molecular formula is C18H28N2O. The van der Waals surface area contributed by atoms with Crippen LogP contribution in [0, 0.1) is 11.3 Å². The van der Waals surface area contributed by atoms with Crippen molar-refractivity contribution < 1.29 is 4.79 Å². The fourth-order valence-electron chi connectivity index (χ4n) is 3.00. The Bertz CT molecular complexity index is 446. The zero-order valence-corrected chi connectivity index (χ0v) is 13.3. The quantitative estimate of drug-likeness (QED) is 0.875. The summed E-state index contributed by atoms with van der Waals surface area (Å²) in [6.45, 7) is 5.44. The average molecular weight is 288 g/mol. The zero-order valence-electron chi connectivity index (χ0n) is 13.3. The molecule has 116 valence electrons. The van der Waals surface area contributed by atoms with Gasteiger partial charge in [0.1, 0.15) is 0 Å². The Kier molecular flexibility index (Phi) is 5.40. The van der Waals surface area contributed by atoms with E-state index in [0.717, 1.165) is 12.1 Å². The number of amides is 1. The van der Waals surface area contributed by atoms with Gasteiger partial charge in [-0.1, -0.05) is 44.2 Å². The molecule has 2 rings (SSSR count). The van der Waals surface area contributed by atoms with Crippen molar-refractivity contribution in [3.8, 4) is 0 Å². The minimum Gasteiger partial charge on any atom is -0.354 e. The molecule has 21 heavy (non-hydrogen) atoms. The minimum atomic E-state index is -0.451. The summed E-state index contributed by atoms with van der Waals surface area (Å²) >= 11 is 0. The van der Waals surface area contributed by atoms with Gasteiger partial charge in [-0.3, -0.25) is 4.79 Å². The van der Waals surface area contributed by atoms with Gasteiger partial charge >= 0.3 is 0 Å². The highest BCUT2D eigenvalue weighted by atomic mass is 16.2. The lowest BCUT2D eigenvalue weighted by atomic mass is 9.73. The number of carbonyl (C=O) groups is 1. The predicted molar refractivity (Wildman–Crippen MR) is 86.9 cm³/mol. The van der Waals surface area contributed by atoms with Gasteiger partial charge in [0, 0.05) is 6.54 Å². The van der Waals surface area contributed by atoms with E-state index in [-0.39, 0.29) is 5.91 Å². The molecule has 1 amide bonds. The zero-order chi connectivity index (χ0) is 15.3. The van der Waals surface area contributed by atoms with Gasteiger partial charge in [-0.05, 0) is 49.0 Å². The van der Waals surface area contributed by atoms with Crippen molar-refractivity contribution >= 4 is 5.91 Å². The van der Waals surface area contributed by atoms with Crippen LogP contribution in [0.1, 0.15) is 45.1 Å². The summed E-state index contributed by atoms with van der Waals surface area (Å²) in [5.41, 5.74) is 7.58. The molecule has 1 aromatic rings. The summed E-state index contributed by atoms with van der Waals surface area (Å²) in [6.07, 6.45) is 5.53. The second-order valence-electron chi connectivity index (χ2n) is 7.15. The van der Waals surface area contributed by atoms with Crippen LogP contribution in [-0.2, 0) is 11.2 Å². The van der Waals surface area contributed by atoms with Gasteiger partial charge in [0.15, 0.2) is 0 Å². The van der Waals surface area contributed by atoms with Crippen LogP contribution in [0.25, 0.3) is 0 Å². The first-order valence-electron chi connectivity index (χ1n) is 8.03. The molecule has 1 fully saturated rings. The van der Waals surface area contributed by atoms with Gasteiger partial charge in [0.25, 0.3) is 0 Å². The Morgan fingerprint density at radius 2 is 1.90 bits per heavy atom. The third kappa shape index (κ3) is 5.16. The topological polar surface area (TPSA) is 55.1 Å². The molecule has 1 aliphatic rings. The van der Waals surface area contributed by atoms with E-state index in [9.17, 15) is 4.79 Å². The molecule has 0 saturated heterocycles. The molecular weight excluding hydrogens is 260 g/mol. The number of hydrogen-bond acceptors (Lipinski definition) is 2. The molecule has 3 heteroatoms. The van der Waals surface area contributed by atoms with E-state index < -0.39 is 6.04 Å². The normalized spacial score (nSPS) is 20.0. The van der Waals surface area contributed by atoms with Crippen molar-refractivity contribution in [1.29, 1.82) is 0 Å². The molecule has 0 aromatic heterocycles. The molecule has 1 unspecified atom stereocenters. The Hall–Kier alpha value is -1.35. The number of nitrogens with two attached hydrogens (primary N) is 1. The summed E-state index contributed by atoms with van der Waals surface area (Å²) in [5.74, 6) is 0.592. The van der Waals surface area contributed by atoms with Crippen LogP contribution in [0.15, 0.2) is 30.3 Å². The Labute approximate surface area is 128 Å². The van der Waals surface area contributed by atoms with E-state index >= 15 is 0 Å². The van der Waals surface area contributed by atoms with Crippen LogP contribution in [-0.4, -0.2) is 18.5 Å². The monoisotopic (exact) mass is 288 g/mol. The van der Waals surface area contributed by atoms with Crippen LogP contribution in [0.4, 0.5) is 0 Å². The maximum absolute atomic E-state index is 12.1. The Balaban J connectivity index is 1.72. The molecule has 0 bridgehead atoms. The number of nitrogens with one attached hydrogen (secondary N) is 1. The predicted octanol–water partition coefficient (Wildman–Crippen LogP) is 2.89. The first kappa shape index (κ1) is 16.0. The maximum Gasteiger partial charge on any atom is 0.237 e. The lowest BCUT2D eigenvalue weighted by Crippen LogP contribution is -2.44. The summed E-state index contributed by atoms with van der Waals surface area (Å²) in [6, 6.07) is 9.49. The first-order valence-corrected chi connectivity index (χ1v) is 8.03. The van der Waals surface area contributed by atoms with Crippen molar-refractivity contribution in [2.75, 3.05) is 6.54 Å². The second kappa shape index (κ2) is 7.08. The van der Waals surface area contributed by atoms with Crippen LogP contribution >= 0.6 is 0 Å². The average Bonchev–Trinajstić information content (AvgIpc) is 2.47. The maximum atomic E-state index is 12.1. The van der Waals surface area contributed by atoms with Crippen molar-refractivity contribution in [2.24, 2.45) is 17.1 Å². The highest BCUT2D eigenvalue weighted by Gasteiger charge is 2.27. The number of carbonyl (C=O) groups excluding carboxylic acids is 1. The Morgan fingerprint density at radius 1 is 1.29 bits per heavy atom. The molecule has 1 saturated carbocycles. The fourth-order valence-corrected chi connectivity index (χ4v) is 3.00. The molecule has 0 radical (unpaired) electrons. The third-order valence-electron chi connectivity index (χ3n) is 4.66. The van der Waals surface area contributed by atoms with E-state index in [2.05, 4.69) is 19.2 Å². The molecule has 0 heterocycles. The van der Waals surface area contributed by atoms with E-state index in [1.165, 1.54) is 25.7 Å². The summed E-state index contributed by atoms with van der Waals surface area (Å²) in [5, 5.41) is 3.04. The second-order valence-corrected chi connectivity index (χ2v) is 7.15.